The maximum absolute atomic E-state index is 11.4. The maximum atomic E-state index is 11.4. The highest BCUT2D eigenvalue weighted by Gasteiger charge is 2.38. The minimum Gasteiger partial charge on any atom is -0.300 e. The van der Waals surface area contributed by atoms with Gasteiger partial charge < -0.3 is 0 Å². The predicted molar refractivity (Wildman–Crippen MR) is 62.9 cm³/mol. The molecule has 1 aliphatic heterocycles. The van der Waals surface area contributed by atoms with E-state index >= 15 is 0 Å². The highest BCUT2D eigenvalue weighted by atomic mass is 32.2. The maximum Gasteiger partial charge on any atom is 0.134 e. The Kier molecular flexibility index (Phi) is 4.51. The van der Waals surface area contributed by atoms with E-state index in [4.69, 9.17) is 0 Å². The van der Waals surface area contributed by atoms with E-state index in [0.717, 1.165) is 11.5 Å². The molecule has 1 aliphatic rings. The lowest BCUT2D eigenvalue weighted by molar-refractivity contribution is -0.119. The molecule has 14 heavy (non-hydrogen) atoms. The van der Waals surface area contributed by atoms with Gasteiger partial charge in [0.2, 0.25) is 0 Å². The molecule has 0 N–H and O–H groups in total. The first-order valence-corrected chi connectivity index (χ1v) is 6.84. The van der Waals surface area contributed by atoms with Gasteiger partial charge in [0.05, 0.1) is 4.08 Å². The SMILES string of the molecule is CCC(=O)CC1(CC(C)=O)SCCS1. The van der Waals surface area contributed by atoms with E-state index in [1.165, 1.54) is 0 Å². The summed E-state index contributed by atoms with van der Waals surface area (Å²) in [6.07, 6.45) is 1.67. The third-order valence-electron chi connectivity index (χ3n) is 2.19. The van der Waals surface area contributed by atoms with Crippen molar-refractivity contribution in [3.05, 3.63) is 0 Å². The monoisotopic (exact) mass is 232 g/mol. The van der Waals surface area contributed by atoms with Crippen LogP contribution in [-0.2, 0) is 9.59 Å². The summed E-state index contributed by atoms with van der Waals surface area (Å²) in [5.41, 5.74) is 0. The van der Waals surface area contributed by atoms with Crippen molar-refractivity contribution in [3.63, 3.8) is 0 Å². The molecule has 0 aromatic heterocycles. The molecule has 0 saturated carbocycles. The van der Waals surface area contributed by atoms with Gasteiger partial charge in [-0.2, -0.15) is 0 Å². The quantitative estimate of drug-likeness (QED) is 0.729. The third kappa shape index (κ3) is 3.31. The van der Waals surface area contributed by atoms with Crippen molar-refractivity contribution < 1.29 is 9.59 Å². The number of carbonyl (C=O) groups is 2. The van der Waals surface area contributed by atoms with Crippen LogP contribution in [0.25, 0.3) is 0 Å². The zero-order valence-electron chi connectivity index (χ0n) is 8.67. The Hall–Kier alpha value is 0.0400. The fourth-order valence-electron chi connectivity index (χ4n) is 1.57. The van der Waals surface area contributed by atoms with Crippen LogP contribution in [0.4, 0.5) is 0 Å². The highest BCUT2D eigenvalue weighted by molar-refractivity contribution is 8.21. The largest absolute Gasteiger partial charge is 0.300 e. The highest BCUT2D eigenvalue weighted by Crippen LogP contribution is 2.49. The molecule has 0 radical (unpaired) electrons. The van der Waals surface area contributed by atoms with Crippen molar-refractivity contribution in [2.45, 2.75) is 37.2 Å². The zero-order valence-corrected chi connectivity index (χ0v) is 10.3. The van der Waals surface area contributed by atoms with Crippen LogP contribution in [-0.4, -0.2) is 27.2 Å². The van der Waals surface area contributed by atoms with E-state index in [9.17, 15) is 9.59 Å². The number of thioether (sulfide) groups is 2. The van der Waals surface area contributed by atoms with Crippen molar-refractivity contribution in [1.82, 2.24) is 0 Å². The molecule has 0 bridgehead atoms. The van der Waals surface area contributed by atoms with Crippen molar-refractivity contribution >= 4 is 35.1 Å². The minimum absolute atomic E-state index is 0.126. The molecule has 0 atom stereocenters. The van der Waals surface area contributed by atoms with E-state index in [1.54, 1.807) is 30.4 Å². The van der Waals surface area contributed by atoms with Crippen molar-refractivity contribution in [3.8, 4) is 0 Å². The van der Waals surface area contributed by atoms with Crippen LogP contribution in [0.2, 0.25) is 0 Å². The Bertz CT molecular complexity index is 232. The summed E-state index contributed by atoms with van der Waals surface area (Å²) >= 11 is 3.57. The van der Waals surface area contributed by atoms with Crippen LogP contribution in [0.5, 0.6) is 0 Å². The molecule has 0 aromatic rings. The lowest BCUT2D eigenvalue weighted by Crippen LogP contribution is -2.24. The first kappa shape index (κ1) is 12.1. The number of ketones is 2. The molecule has 4 heteroatoms. The molecule has 0 aliphatic carbocycles. The topological polar surface area (TPSA) is 34.1 Å². The standard InChI is InChI=1S/C10H16O2S2/c1-3-9(12)7-10(6-8(2)11)13-4-5-14-10/h3-7H2,1-2H3. The summed E-state index contributed by atoms with van der Waals surface area (Å²) in [4.78, 5) is 22.6. The number of hydrogen-bond acceptors (Lipinski definition) is 4. The van der Waals surface area contributed by atoms with Crippen LogP contribution in [0.3, 0.4) is 0 Å². The number of carbonyl (C=O) groups excluding carboxylic acids is 2. The van der Waals surface area contributed by atoms with E-state index in [0.29, 0.717) is 19.3 Å². The van der Waals surface area contributed by atoms with Gasteiger partial charge in [-0.3, -0.25) is 9.59 Å². The van der Waals surface area contributed by atoms with Gasteiger partial charge in [-0.05, 0) is 6.92 Å². The zero-order chi connectivity index (χ0) is 10.6. The van der Waals surface area contributed by atoms with Gasteiger partial charge >= 0.3 is 0 Å². The van der Waals surface area contributed by atoms with Gasteiger partial charge in [0.15, 0.2) is 0 Å². The van der Waals surface area contributed by atoms with Crippen LogP contribution in [0, 0.1) is 0 Å². The second kappa shape index (κ2) is 5.21. The summed E-state index contributed by atoms with van der Waals surface area (Å²) in [5.74, 6) is 2.59. The second-order valence-electron chi connectivity index (χ2n) is 3.56. The van der Waals surface area contributed by atoms with Crippen LogP contribution in [0.15, 0.2) is 0 Å². The molecule has 1 fully saturated rings. The number of hydrogen-bond donors (Lipinski definition) is 0. The minimum atomic E-state index is -0.126. The van der Waals surface area contributed by atoms with Crippen molar-refractivity contribution in [2.75, 3.05) is 11.5 Å². The molecule has 0 unspecified atom stereocenters. The lowest BCUT2D eigenvalue weighted by atomic mass is 10.1. The van der Waals surface area contributed by atoms with E-state index in [1.807, 2.05) is 6.92 Å². The van der Waals surface area contributed by atoms with Gasteiger partial charge in [0.1, 0.15) is 11.6 Å². The molecular weight excluding hydrogens is 216 g/mol. The van der Waals surface area contributed by atoms with Gasteiger partial charge in [0.25, 0.3) is 0 Å². The molecular formula is C10H16O2S2. The van der Waals surface area contributed by atoms with Gasteiger partial charge in [0, 0.05) is 30.8 Å². The molecule has 1 saturated heterocycles. The van der Waals surface area contributed by atoms with Gasteiger partial charge in [-0.15, -0.1) is 23.5 Å². The Morgan fingerprint density at radius 2 is 1.79 bits per heavy atom. The summed E-state index contributed by atoms with van der Waals surface area (Å²) in [7, 11) is 0. The fourth-order valence-corrected chi connectivity index (χ4v) is 4.95. The Labute approximate surface area is 93.6 Å². The fraction of sp³-hybridized carbons (Fsp3) is 0.800. The summed E-state index contributed by atoms with van der Waals surface area (Å²) in [6, 6.07) is 0. The van der Waals surface area contributed by atoms with Gasteiger partial charge in [-0.25, -0.2) is 0 Å². The lowest BCUT2D eigenvalue weighted by Gasteiger charge is -2.24. The van der Waals surface area contributed by atoms with Crippen LogP contribution >= 0.6 is 23.5 Å². The second-order valence-corrected chi connectivity index (χ2v) is 6.77. The van der Waals surface area contributed by atoms with E-state index in [2.05, 4.69) is 0 Å². The Balaban J connectivity index is 2.61. The number of rotatable bonds is 5. The average Bonchev–Trinajstić information content (AvgIpc) is 2.51. The first-order valence-electron chi connectivity index (χ1n) is 4.87. The molecule has 0 aromatic carbocycles. The van der Waals surface area contributed by atoms with E-state index < -0.39 is 0 Å². The van der Waals surface area contributed by atoms with E-state index in [-0.39, 0.29) is 15.6 Å². The van der Waals surface area contributed by atoms with Gasteiger partial charge in [-0.1, -0.05) is 6.92 Å². The molecule has 0 spiro atoms. The van der Waals surface area contributed by atoms with Crippen molar-refractivity contribution in [2.24, 2.45) is 0 Å². The molecule has 1 rings (SSSR count). The smallest absolute Gasteiger partial charge is 0.134 e. The summed E-state index contributed by atoms with van der Waals surface area (Å²) < 4.78 is -0.126. The Morgan fingerprint density at radius 1 is 1.21 bits per heavy atom. The third-order valence-corrected chi connectivity index (χ3v) is 5.60. The van der Waals surface area contributed by atoms with Crippen molar-refractivity contribution in [1.29, 1.82) is 0 Å². The van der Waals surface area contributed by atoms with Crippen LogP contribution < -0.4 is 0 Å². The molecule has 80 valence electrons. The summed E-state index contributed by atoms with van der Waals surface area (Å²) in [5, 5.41) is 0. The van der Waals surface area contributed by atoms with Crippen LogP contribution in [0.1, 0.15) is 33.1 Å². The molecule has 0 amide bonds. The first-order chi connectivity index (χ1) is 6.58. The number of Topliss-reactive ketones (excluding diaryl/α,β-unsaturated/α-hetero) is 2. The molecule has 2 nitrogen and oxygen atoms in total. The normalized spacial score (nSPS) is 19.6. The predicted octanol–water partition coefficient (Wildman–Crippen LogP) is 2.51. The average molecular weight is 232 g/mol. The molecule has 1 heterocycles. The summed E-state index contributed by atoms with van der Waals surface area (Å²) in [6.45, 7) is 3.49. The Morgan fingerprint density at radius 3 is 2.21 bits per heavy atom.